The molecule has 17 heavy (non-hydrogen) atoms. The Morgan fingerprint density at radius 2 is 1.94 bits per heavy atom. The van der Waals surface area contributed by atoms with E-state index in [4.69, 9.17) is 17.3 Å². The Labute approximate surface area is 106 Å². The second kappa shape index (κ2) is 4.89. The number of hydrogen-bond acceptors (Lipinski definition) is 3. The molecule has 0 radical (unpaired) electrons. The molecule has 0 saturated heterocycles. The fourth-order valence-electron chi connectivity index (χ4n) is 1.17. The lowest BCUT2D eigenvalue weighted by atomic mass is 10.3. The number of nitrogens with zero attached hydrogens (tertiary/aromatic N) is 1. The summed E-state index contributed by atoms with van der Waals surface area (Å²) in [4.78, 5) is 4.07. The van der Waals surface area contributed by atoms with E-state index >= 15 is 0 Å². The van der Waals surface area contributed by atoms with Crippen molar-refractivity contribution in [1.82, 2.24) is 4.98 Å². The van der Waals surface area contributed by atoms with Gasteiger partial charge in [-0.05, 0) is 30.3 Å². The Bertz CT molecular complexity index is 514. The van der Waals surface area contributed by atoms with E-state index in [9.17, 15) is 8.78 Å². The number of rotatable bonds is 2. The Balaban J connectivity index is 2.37. The minimum atomic E-state index is -0.530. The fraction of sp³-hybridized carbons (Fsp3) is 0. The number of nitrogens with two attached hydrogens (primary N) is 1. The predicted molar refractivity (Wildman–Crippen MR) is 64.1 cm³/mol. The smallest absolute Gasteiger partial charge is 0.137 e. The molecule has 1 heterocycles. The van der Waals surface area contributed by atoms with Gasteiger partial charge in [-0.2, -0.15) is 0 Å². The zero-order valence-electron chi connectivity index (χ0n) is 8.45. The first-order chi connectivity index (χ1) is 8.06. The van der Waals surface area contributed by atoms with Crippen LogP contribution in [0.15, 0.2) is 40.3 Å². The van der Waals surface area contributed by atoms with Gasteiger partial charge in [0.25, 0.3) is 0 Å². The Hall–Kier alpha value is -1.33. The average Bonchev–Trinajstić information content (AvgIpc) is 2.28. The monoisotopic (exact) mass is 272 g/mol. The summed E-state index contributed by atoms with van der Waals surface area (Å²) >= 11 is 6.64. The van der Waals surface area contributed by atoms with E-state index in [0.29, 0.717) is 10.7 Å². The predicted octanol–water partition coefficient (Wildman–Crippen LogP) is 3.75. The van der Waals surface area contributed by atoms with E-state index in [2.05, 4.69) is 4.98 Å². The second-order valence-electron chi connectivity index (χ2n) is 3.21. The topological polar surface area (TPSA) is 38.9 Å². The quantitative estimate of drug-likeness (QED) is 0.847. The zero-order chi connectivity index (χ0) is 12.4. The molecule has 2 aromatic rings. The van der Waals surface area contributed by atoms with E-state index in [1.54, 1.807) is 6.07 Å². The number of aromatic nitrogens is 1. The summed E-state index contributed by atoms with van der Waals surface area (Å²) in [5, 5.41) is 0.598. The van der Waals surface area contributed by atoms with Crippen molar-refractivity contribution in [2.45, 2.75) is 9.92 Å². The summed E-state index contributed by atoms with van der Waals surface area (Å²) in [6, 6.07) is 6.28. The van der Waals surface area contributed by atoms with Crippen LogP contribution in [0, 0.1) is 11.6 Å². The first-order valence-corrected chi connectivity index (χ1v) is 5.80. The summed E-state index contributed by atoms with van der Waals surface area (Å²) in [6.45, 7) is 0. The van der Waals surface area contributed by atoms with Gasteiger partial charge in [-0.25, -0.2) is 13.8 Å². The van der Waals surface area contributed by atoms with Crippen molar-refractivity contribution >= 4 is 29.1 Å². The lowest BCUT2D eigenvalue weighted by Crippen LogP contribution is -1.93. The average molecular weight is 273 g/mol. The number of benzene rings is 1. The molecular formula is C11H7ClF2N2S. The van der Waals surface area contributed by atoms with Crippen LogP contribution in [0.5, 0.6) is 0 Å². The molecule has 1 aromatic carbocycles. The highest BCUT2D eigenvalue weighted by Gasteiger charge is 2.09. The number of hydrogen-bond donors (Lipinski definition) is 1. The van der Waals surface area contributed by atoms with Gasteiger partial charge in [0.1, 0.15) is 21.8 Å². The maximum Gasteiger partial charge on any atom is 0.137 e. The van der Waals surface area contributed by atoms with Gasteiger partial charge in [0.05, 0.1) is 10.6 Å². The highest BCUT2D eigenvalue weighted by atomic mass is 35.5. The third-order valence-corrected chi connectivity index (χ3v) is 3.22. The Morgan fingerprint density at radius 1 is 1.18 bits per heavy atom. The van der Waals surface area contributed by atoms with Gasteiger partial charge in [0, 0.05) is 0 Å². The van der Waals surface area contributed by atoms with Crippen molar-refractivity contribution < 1.29 is 8.78 Å². The molecule has 0 aliphatic heterocycles. The van der Waals surface area contributed by atoms with Crippen molar-refractivity contribution in [3.8, 4) is 0 Å². The molecule has 0 amide bonds. The van der Waals surface area contributed by atoms with Crippen LogP contribution in [0.25, 0.3) is 0 Å². The van der Waals surface area contributed by atoms with Crippen LogP contribution in [0.1, 0.15) is 0 Å². The molecule has 0 bridgehead atoms. The summed E-state index contributed by atoms with van der Waals surface area (Å²) < 4.78 is 26.4. The molecule has 0 aliphatic carbocycles. The normalized spacial score (nSPS) is 10.5. The lowest BCUT2D eigenvalue weighted by molar-refractivity contribution is 0.577. The highest BCUT2D eigenvalue weighted by Crippen LogP contribution is 2.33. The summed E-state index contributed by atoms with van der Waals surface area (Å²) in [5.41, 5.74) is 6.03. The summed E-state index contributed by atoms with van der Waals surface area (Å²) in [6.07, 6.45) is 0. The summed E-state index contributed by atoms with van der Waals surface area (Å²) in [5.74, 6) is -1.05. The summed E-state index contributed by atoms with van der Waals surface area (Å²) in [7, 11) is 0. The van der Waals surface area contributed by atoms with Crippen LogP contribution < -0.4 is 5.73 Å². The zero-order valence-corrected chi connectivity index (χ0v) is 10.0. The molecule has 0 saturated carbocycles. The molecule has 0 aliphatic rings. The van der Waals surface area contributed by atoms with E-state index in [1.807, 2.05) is 0 Å². The first-order valence-electron chi connectivity index (χ1n) is 4.61. The van der Waals surface area contributed by atoms with E-state index in [1.165, 1.54) is 6.07 Å². The highest BCUT2D eigenvalue weighted by molar-refractivity contribution is 7.99. The fourth-order valence-corrected chi connectivity index (χ4v) is 2.24. The van der Waals surface area contributed by atoms with Crippen molar-refractivity contribution in [3.05, 3.63) is 47.1 Å². The SMILES string of the molecule is Nc1ccc(Cl)nc1Sc1cc(F)ccc1F. The first kappa shape index (κ1) is 12.1. The van der Waals surface area contributed by atoms with Crippen LogP contribution in [0.2, 0.25) is 5.15 Å². The molecule has 0 atom stereocenters. The number of anilines is 1. The van der Waals surface area contributed by atoms with Crippen molar-refractivity contribution in [1.29, 1.82) is 0 Å². The van der Waals surface area contributed by atoms with Crippen LogP contribution in [0.3, 0.4) is 0 Å². The second-order valence-corrected chi connectivity index (χ2v) is 4.62. The van der Waals surface area contributed by atoms with Crippen molar-refractivity contribution in [2.24, 2.45) is 0 Å². The molecule has 0 fully saturated rings. The molecule has 88 valence electrons. The van der Waals surface area contributed by atoms with Crippen molar-refractivity contribution in [3.63, 3.8) is 0 Å². The standard InChI is InChI=1S/C11H7ClF2N2S/c12-10-4-3-8(15)11(16-10)17-9-5-6(13)1-2-7(9)14/h1-5H,15H2. The van der Waals surface area contributed by atoms with Gasteiger partial charge in [0.2, 0.25) is 0 Å². The minimum Gasteiger partial charge on any atom is -0.397 e. The van der Waals surface area contributed by atoms with E-state index in [0.717, 1.165) is 30.0 Å². The largest absolute Gasteiger partial charge is 0.397 e. The molecule has 1 aromatic heterocycles. The molecule has 0 unspecified atom stereocenters. The van der Waals surface area contributed by atoms with Crippen LogP contribution in [-0.2, 0) is 0 Å². The van der Waals surface area contributed by atoms with Crippen molar-refractivity contribution in [2.75, 3.05) is 5.73 Å². The number of pyridine rings is 1. The van der Waals surface area contributed by atoms with Gasteiger partial charge in [-0.15, -0.1) is 0 Å². The van der Waals surface area contributed by atoms with Gasteiger partial charge in [0.15, 0.2) is 0 Å². The van der Waals surface area contributed by atoms with Gasteiger partial charge < -0.3 is 5.73 Å². The third-order valence-electron chi connectivity index (χ3n) is 1.96. The molecule has 2 rings (SSSR count). The number of nitrogen functional groups attached to an aromatic ring is 1. The Kier molecular flexibility index (Phi) is 3.49. The number of halogens is 3. The van der Waals surface area contributed by atoms with Crippen LogP contribution in [0.4, 0.5) is 14.5 Å². The maximum absolute atomic E-state index is 13.4. The third kappa shape index (κ3) is 2.87. The Morgan fingerprint density at radius 3 is 2.71 bits per heavy atom. The lowest BCUT2D eigenvalue weighted by Gasteiger charge is -2.05. The molecule has 2 N–H and O–H groups in total. The van der Waals surface area contributed by atoms with Crippen LogP contribution >= 0.6 is 23.4 Å². The van der Waals surface area contributed by atoms with Gasteiger partial charge >= 0.3 is 0 Å². The van der Waals surface area contributed by atoms with E-state index < -0.39 is 11.6 Å². The molecule has 2 nitrogen and oxygen atoms in total. The molecule has 6 heteroatoms. The van der Waals surface area contributed by atoms with Crippen LogP contribution in [-0.4, -0.2) is 4.98 Å². The molecular weight excluding hydrogens is 266 g/mol. The maximum atomic E-state index is 13.4. The minimum absolute atomic E-state index is 0.117. The molecule has 0 spiro atoms. The van der Waals surface area contributed by atoms with Gasteiger partial charge in [-0.3, -0.25) is 0 Å². The van der Waals surface area contributed by atoms with E-state index in [-0.39, 0.29) is 10.0 Å². The van der Waals surface area contributed by atoms with Gasteiger partial charge in [-0.1, -0.05) is 23.4 Å².